The molecule has 0 radical (unpaired) electrons. The highest BCUT2D eigenvalue weighted by Gasteiger charge is 2.14. The van der Waals surface area contributed by atoms with Crippen molar-refractivity contribution < 1.29 is 14.3 Å². The normalized spacial score (nSPS) is 17.7. The van der Waals surface area contributed by atoms with Gasteiger partial charge >= 0.3 is 0 Å². The van der Waals surface area contributed by atoms with Crippen molar-refractivity contribution >= 4 is 5.91 Å². The average Bonchev–Trinajstić information content (AvgIpc) is 2.31. The van der Waals surface area contributed by atoms with Crippen LogP contribution in [-0.2, 0) is 14.3 Å². The molecule has 0 spiro atoms. The molecular weight excluding hydrogens is 210 g/mol. The lowest BCUT2D eigenvalue weighted by Gasteiger charge is -2.26. The van der Waals surface area contributed by atoms with E-state index < -0.39 is 0 Å². The molecule has 1 aliphatic heterocycles. The molecule has 6 nitrogen and oxygen atoms in total. The Morgan fingerprint density at radius 2 is 2.00 bits per heavy atom. The van der Waals surface area contributed by atoms with Gasteiger partial charge in [0.1, 0.15) is 0 Å². The third-order valence-corrected chi connectivity index (χ3v) is 2.57. The van der Waals surface area contributed by atoms with Crippen LogP contribution in [0.3, 0.4) is 0 Å². The van der Waals surface area contributed by atoms with E-state index in [1.807, 2.05) is 0 Å². The number of nitrogens with zero attached hydrogens (tertiary/aromatic N) is 1. The minimum atomic E-state index is -0.369. The maximum atomic E-state index is 11.6. The quantitative estimate of drug-likeness (QED) is 0.552. The molecule has 0 unspecified atom stereocenters. The number of ether oxygens (including phenoxy) is 2. The topological polar surface area (TPSA) is 62.8 Å². The highest BCUT2D eigenvalue weighted by molar-refractivity contribution is 5.78. The number of carbonyl (C=O) groups excluding carboxylic acids is 1. The fourth-order valence-electron chi connectivity index (χ4n) is 1.59. The predicted molar refractivity (Wildman–Crippen MR) is 60.1 cm³/mol. The SMILES string of the molecule is COC(CNC(=O)CN1CCNCC1)OC. The van der Waals surface area contributed by atoms with E-state index in [-0.39, 0.29) is 12.2 Å². The molecule has 1 aliphatic rings. The monoisotopic (exact) mass is 231 g/mol. The van der Waals surface area contributed by atoms with Gasteiger partial charge in [-0.1, -0.05) is 0 Å². The second-order valence-electron chi connectivity index (χ2n) is 3.73. The minimum absolute atomic E-state index is 0.0148. The van der Waals surface area contributed by atoms with Gasteiger partial charge in [-0.05, 0) is 0 Å². The maximum Gasteiger partial charge on any atom is 0.234 e. The highest BCUT2D eigenvalue weighted by Crippen LogP contribution is 1.92. The number of amides is 1. The second kappa shape index (κ2) is 7.56. The summed E-state index contributed by atoms with van der Waals surface area (Å²) in [5, 5.41) is 6.02. The number of hydrogen-bond donors (Lipinski definition) is 2. The Kier molecular flexibility index (Phi) is 6.32. The fraction of sp³-hybridized carbons (Fsp3) is 0.900. The maximum absolute atomic E-state index is 11.6. The van der Waals surface area contributed by atoms with Gasteiger partial charge in [-0.15, -0.1) is 0 Å². The minimum Gasteiger partial charge on any atom is -0.354 e. The molecule has 0 aromatic rings. The number of nitrogens with one attached hydrogen (secondary N) is 2. The number of piperazine rings is 1. The third kappa shape index (κ3) is 4.89. The first-order valence-electron chi connectivity index (χ1n) is 5.51. The summed E-state index contributed by atoms with van der Waals surface area (Å²) in [5.41, 5.74) is 0. The molecule has 6 heteroatoms. The Balaban J connectivity index is 2.14. The van der Waals surface area contributed by atoms with Crippen LogP contribution in [0.25, 0.3) is 0 Å². The Labute approximate surface area is 96.3 Å². The van der Waals surface area contributed by atoms with Crippen LogP contribution in [-0.4, -0.2) is 70.6 Å². The van der Waals surface area contributed by atoms with Gasteiger partial charge in [0, 0.05) is 40.4 Å². The summed E-state index contributed by atoms with van der Waals surface area (Å²) in [6, 6.07) is 0. The standard InChI is InChI=1S/C10H21N3O3/c1-15-10(16-2)7-12-9(14)8-13-5-3-11-4-6-13/h10-11H,3-8H2,1-2H3,(H,12,14). The van der Waals surface area contributed by atoms with Crippen LogP contribution in [0.5, 0.6) is 0 Å². The van der Waals surface area contributed by atoms with Crippen LogP contribution in [0.2, 0.25) is 0 Å². The van der Waals surface area contributed by atoms with Gasteiger partial charge in [-0.2, -0.15) is 0 Å². The molecule has 1 heterocycles. The first-order valence-corrected chi connectivity index (χ1v) is 5.51. The van der Waals surface area contributed by atoms with Crippen LogP contribution < -0.4 is 10.6 Å². The molecule has 0 aliphatic carbocycles. The first-order chi connectivity index (χ1) is 7.76. The van der Waals surface area contributed by atoms with Crippen LogP contribution in [0.1, 0.15) is 0 Å². The molecule has 0 saturated carbocycles. The van der Waals surface area contributed by atoms with E-state index in [4.69, 9.17) is 9.47 Å². The Bertz CT molecular complexity index is 203. The zero-order valence-corrected chi connectivity index (χ0v) is 9.99. The lowest BCUT2D eigenvalue weighted by atomic mass is 10.3. The Morgan fingerprint density at radius 3 is 2.56 bits per heavy atom. The van der Waals surface area contributed by atoms with E-state index in [0.717, 1.165) is 26.2 Å². The second-order valence-corrected chi connectivity index (χ2v) is 3.73. The molecule has 2 N–H and O–H groups in total. The van der Waals surface area contributed by atoms with Crippen molar-refractivity contribution in [2.45, 2.75) is 6.29 Å². The summed E-state index contributed by atoms with van der Waals surface area (Å²) >= 11 is 0. The molecule has 1 fully saturated rings. The number of rotatable bonds is 6. The zero-order valence-electron chi connectivity index (χ0n) is 9.99. The Hall–Kier alpha value is -0.690. The van der Waals surface area contributed by atoms with Crippen molar-refractivity contribution in [2.75, 3.05) is 53.5 Å². The summed E-state index contributed by atoms with van der Waals surface area (Å²) < 4.78 is 9.96. The Morgan fingerprint density at radius 1 is 1.38 bits per heavy atom. The molecule has 94 valence electrons. The van der Waals surface area contributed by atoms with E-state index in [2.05, 4.69) is 15.5 Å². The highest BCUT2D eigenvalue weighted by atomic mass is 16.7. The summed E-state index contributed by atoms with van der Waals surface area (Å²) in [6.45, 7) is 4.58. The van der Waals surface area contributed by atoms with E-state index >= 15 is 0 Å². The smallest absolute Gasteiger partial charge is 0.234 e. The largest absolute Gasteiger partial charge is 0.354 e. The number of methoxy groups -OCH3 is 2. The number of hydrogen-bond acceptors (Lipinski definition) is 5. The van der Waals surface area contributed by atoms with Crippen LogP contribution >= 0.6 is 0 Å². The van der Waals surface area contributed by atoms with Gasteiger partial charge in [-0.3, -0.25) is 9.69 Å². The number of carbonyl (C=O) groups is 1. The first kappa shape index (κ1) is 13.4. The van der Waals surface area contributed by atoms with E-state index in [1.165, 1.54) is 0 Å². The van der Waals surface area contributed by atoms with Gasteiger partial charge in [-0.25, -0.2) is 0 Å². The molecule has 16 heavy (non-hydrogen) atoms. The van der Waals surface area contributed by atoms with Gasteiger partial charge in [0.2, 0.25) is 5.91 Å². The molecule has 0 aromatic heterocycles. The van der Waals surface area contributed by atoms with Crippen molar-refractivity contribution in [3.8, 4) is 0 Å². The van der Waals surface area contributed by atoms with Crippen molar-refractivity contribution in [1.82, 2.24) is 15.5 Å². The lowest BCUT2D eigenvalue weighted by molar-refractivity contribution is -0.128. The summed E-state index contributed by atoms with van der Waals surface area (Å²) in [4.78, 5) is 13.7. The van der Waals surface area contributed by atoms with Gasteiger partial charge in [0.05, 0.1) is 13.1 Å². The summed E-state index contributed by atoms with van der Waals surface area (Å²) in [7, 11) is 3.10. The van der Waals surface area contributed by atoms with Gasteiger partial charge in [0.15, 0.2) is 6.29 Å². The average molecular weight is 231 g/mol. The van der Waals surface area contributed by atoms with Crippen LogP contribution in [0, 0.1) is 0 Å². The van der Waals surface area contributed by atoms with Crippen molar-refractivity contribution in [3.63, 3.8) is 0 Å². The van der Waals surface area contributed by atoms with Crippen molar-refractivity contribution in [2.24, 2.45) is 0 Å². The molecule has 1 amide bonds. The molecular formula is C10H21N3O3. The van der Waals surface area contributed by atoms with E-state index in [9.17, 15) is 4.79 Å². The van der Waals surface area contributed by atoms with Crippen LogP contribution in [0.15, 0.2) is 0 Å². The van der Waals surface area contributed by atoms with Crippen LogP contribution in [0.4, 0.5) is 0 Å². The van der Waals surface area contributed by atoms with E-state index in [0.29, 0.717) is 13.1 Å². The molecule has 0 atom stereocenters. The fourth-order valence-corrected chi connectivity index (χ4v) is 1.59. The molecule has 0 bridgehead atoms. The van der Waals surface area contributed by atoms with Crippen molar-refractivity contribution in [3.05, 3.63) is 0 Å². The predicted octanol–water partition coefficient (Wildman–Crippen LogP) is -1.37. The van der Waals surface area contributed by atoms with Crippen molar-refractivity contribution in [1.29, 1.82) is 0 Å². The summed E-state index contributed by atoms with van der Waals surface area (Å²) in [5.74, 6) is 0.0148. The van der Waals surface area contributed by atoms with Gasteiger partial charge in [0.25, 0.3) is 0 Å². The zero-order chi connectivity index (χ0) is 11.8. The summed E-state index contributed by atoms with van der Waals surface area (Å²) in [6.07, 6.45) is -0.369. The van der Waals surface area contributed by atoms with E-state index in [1.54, 1.807) is 14.2 Å². The van der Waals surface area contributed by atoms with Gasteiger partial charge < -0.3 is 20.1 Å². The molecule has 1 saturated heterocycles. The lowest BCUT2D eigenvalue weighted by Crippen LogP contribution is -2.48. The molecule has 1 rings (SSSR count). The molecule has 0 aromatic carbocycles. The third-order valence-electron chi connectivity index (χ3n) is 2.57.